The van der Waals surface area contributed by atoms with Gasteiger partial charge in [-0.1, -0.05) is 0 Å². The maximum Gasteiger partial charge on any atom is 0.105 e. The molecule has 0 spiro atoms. The number of hydrogen-bond donors (Lipinski definition) is 3. The largest absolute Gasteiger partial charge is 0.381 e. The van der Waals surface area contributed by atoms with E-state index < -0.39 is 8.96 Å². The van der Waals surface area contributed by atoms with Gasteiger partial charge in [0.15, 0.2) is 0 Å². The highest BCUT2D eigenvalue weighted by Crippen LogP contribution is 2.53. The van der Waals surface area contributed by atoms with Gasteiger partial charge in [0.2, 0.25) is 0 Å². The Labute approximate surface area is 79.3 Å². The fourth-order valence-corrected chi connectivity index (χ4v) is 3.21. The van der Waals surface area contributed by atoms with Crippen molar-refractivity contribution < 1.29 is 4.74 Å². The second kappa shape index (κ2) is 3.94. The monoisotopic (exact) mass is 209 g/mol. The minimum atomic E-state index is -0.755. The fraction of sp³-hybridized carbons (Fsp3) is 0.833. The van der Waals surface area contributed by atoms with Crippen LogP contribution in [0.1, 0.15) is 12.8 Å². The van der Waals surface area contributed by atoms with E-state index in [4.69, 9.17) is 10.00 Å². The average molecular weight is 209 g/mol. The predicted molar refractivity (Wildman–Crippen MR) is 55.4 cm³/mol. The molecule has 0 amide bonds. The summed E-state index contributed by atoms with van der Waals surface area (Å²) in [5.74, 6) is 0. The molecule has 0 unspecified atom stereocenters. The van der Waals surface area contributed by atoms with Crippen LogP contribution in [0.4, 0.5) is 0 Å². The zero-order valence-electron chi connectivity index (χ0n) is 6.03. The Kier molecular flexibility index (Phi) is 3.44. The maximum atomic E-state index is 8.92. The highest BCUT2D eigenvalue weighted by molar-refractivity contribution is 9.09. The molecule has 1 heterocycles. The van der Waals surface area contributed by atoms with Crippen LogP contribution in [0.2, 0.25) is 0 Å². The summed E-state index contributed by atoms with van der Waals surface area (Å²) in [5, 5.41) is 8.92. The Morgan fingerprint density at radius 3 is 2.18 bits per heavy atom. The summed E-state index contributed by atoms with van der Waals surface area (Å²) in [7, 11) is -0.755. The fourth-order valence-electron chi connectivity index (χ4n) is 1.07. The highest BCUT2D eigenvalue weighted by Gasteiger charge is 2.35. The molecule has 0 aromatic carbocycles. The van der Waals surface area contributed by atoms with Gasteiger partial charge in [0.25, 0.3) is 0 Å². The molecular formula is C6H11NOS3. The second-order valence-corrected chi connectivity index (χ2v) is 7.33. The van der Waals surface area contributed by atoms with Crippen molar-refractivity contribution in [3.63, 3.8) is 0 Å². The lowest BCUT2D eigenvalue weighted by Gasteiger charge is -2.34. The van der Waals surface area contributed by atoms with E-state index in [0.717, 1.165) is 12.8 Å². The Balaban J connectivity index is 2.67. The third kappa shape index (κ3) is 2.00. The molecule has 0 aromatic rings. The summed E-state index contributed by atoms with van der Waals surface area (Å²) in [6.45, 7) is 1.35. The van der Waals surface area contributed by atoms with Crippen LogP contribution in [0.5, 0.6) is 0 Å². The second-order valence-electron chi connectivity index (χ2n) is 2.55. The quantitative estimate of drug-likeness (QED) is 0.454. The van der Waals surface area contributed by atoms with Gasteiger partial charge in [-0.2, -0.15) is 5.26 Å². The van der Waals surface area contributed by atoms with Crippen molar-refractivity contribution in [3.8, 4) is 6.07 Å². The van der Waals surface area contributed by atoms with Crippen molar-refractivity contribution in [2.24, 2.45) is 0 Å². The molecule has 64 valence electrons. The van der Waals surface area contributed by atoms with Gasteiger partial charge in [-0.05, 0) is 12.8 Å². The van der Waals surface area contributed by atoms with Crippen molar-refractivity contribution in [3.05, 3.63) is 0 Å². The Hall–Kier alpha value is 0.500. The molecule has 11 heavy (non-hydrogen) atoms. The normalized spacial score (nSPS) is 23.9. The topological polar surface area (TPSA) is 33.0 Å². The van der Waals surface area contributed by atoms with E-state index in [1.807, 2.05) is 0 Å². The van der Waals surface area contributed by atoms with Gasteiger partial charge >= 0.3 is 0 Å². The first kappa shape index (κ1) is 9.59. The van der Waals surface area contributed by atoms with E-state index in [2.05, 4.69) is 29.4 Å². The lowest BCUT2D eigenvalue weighted by molar-refractivity contribution is 0.0888. The molecule has 0 aliphatic carbocycles. The number of hydrogen-bond acceptors (Lipinski definition) is 4. The third-order valence-corrected chi connectivity index (χ3v) is 5.52. The van der Waals surface area contributed by atoms with Crippen LogP contribution >= 0.6 is 32.3 Å². The van der Waals surface area contributed by atoms with Crippen LogP contribution in [0, 0.1) is 11.3 Å². The van der Waals surface area contributed by atoms with Crippen LogP contribution in [0.3, 0.4) is 0 Å². The summed E-state index contributed by atoms with van der Waals surface area (Å²) < 4.78 is 4.86. The van der Waals surface area contributed by atoms with Gasteiger partial charge in [0, 0.05) is 13.2 Å². The summed E-state index contributed by atoms with van der Waals surface area (Å²) in [5.41, 5.74) is 0. The zero-order valence-corrected chi connectivity index (χ0v) is 8.71. The van der Waals surface area contributed by atoms with Gasteiger partial charge < -0.3 is 4.74 Å². The maximum absolute atomic E-state index is 8.92. The molecule has 1 fully saturated rings. The Morgan fingerprint density at radius 1 is 1.36 bits per heavy atom. The number of nitrogens with zero attached hydrogens (tertiary/aromatic N) is 1. The molecular weight excluding hydrogens is 198 g/mol. The predicted octanol–water partition coefficient (Wildman–Crippen LogP) is 1.75. The van der Waals surface area contributed by atoms with Crippen molar-refractivity contribution in [1.82, 2.24) is 0 Å². The Bertz CT molecular complexity index is 171. The first-order valence-electron chi connectivity index (χ1n) is 3.38. The first-order chi connectivity index (χ1) is 5.21. The van der Waals surface area contributed by atoms with E-state index in [9.17, 15) is 0 Å². The van der Waals surface area contributed by atoms with Crippen LogP contribution in [0.15, 0.2) is 0 Å². The number of rotatable bonds is 1. The van der Waals surface area contributed by atoms with E-state index in [1.54, 1.807) is 0 Å². The van der Waals surface area contributed by atoms with Gasteiger partial charge in [-0.25, -0.2) is 0 Å². The van der Waals surface area contributed by atoms with Crippen LogP contribution in [-0.2, 0) is 4.74 Å². The van der Waals surface area contributed by atoms with Crippen LogP contribution in [0.25, 0.3) is 0 Å². The van der Waals surface area contributed by atoms with Crippen molar-refractivity contribution in [2.45, 2.75) is 17.6 Å². The number of ether oxygens (including phenoxy) is 1. The lowest BCUT2D eigenvalue weighted by Crippen LogP contribution is -2.32. The molecule has 0 radical (unpaired) electrons. The number of thiol groups is 3. The molecule has 0 N–H and O–H groups in total. The molecule has 0 aromatic heterocycles. The van der Waals surface area contributed by atoms with Gasteiger partial charge in [-0.3, -0.25) is 0 Å². The van der Waals surface area contributed by atoms with E-state index in [-0.39, 0.29) is 4.75 Å². The van der Waals surface area contributed by atoms with Crippen molar-refractivity contribution >= 4 is 32.3 Å². The zero-order chi connectivity index (χ0) is 8.32. The minimum absolute atomic E-state index is 0.306. The molecule has 1 saturated heterocycles. The van der Waals surface area contributed by atoms with E-state index >= 15 is 0 Å². The average Bonchev–Trinajstić information content (AvgIpc) is 2.05. The summed E-state index contributed by atoms with van der Waals surface area (Å²) >= 11 is 8.52. The molecule has 0 saturated carbocycles. The summed E-state index contributed by atoms with van der Waals surface area (Å²) in [4.78, 5) is 0. The summed E-state index contributed by atoms with van der Waals surface area (Å²) in [6.07, 6.45) is 1.56. The van der Waals surface area contributed by atoms with Crippen LogP contribution in [-0.4, -0.2) is 18.0 Å². The third-order valence-electron chi connectivity index (χ3n) is 1.91. The minimum Gasteiger partial charge on any atom is -0.381 e. The first-order valence-corrected chi connectivity index (χ1v) is 7.03. The lowest BCUT2D eigenvalue weighted by atomic mass is 10.0. The molecule has 0 atom stereocenters. The van der Waals surface area contributed by atoms with Gasteiger partial charge in [0.05, 0.1) is 6.07 Å². The van der Waals surface area contributed by atoms with Gasteiger partial charge in [-0.15, -0.1) is 32.3 Å². The molecule has 5 heteroatoms. The molecule has 1 aliphatic heterocycles. The van der Waals surface area contributed by atoms with Gasteiger partial charge in [0.1, 0.15) is 4.75 Å². The molecule has 0 bridgehead atoms. The summed E-state index contributed by atoms with van der Waals surface area (Å²) in [6, 6.07) is 2.31. The van der Waals surface area contributed by atoms with Crippen molar-refractivity contribution in [1.29, 1.82) is 5.26 Å². The smallest absolute Gasteiger partial charge is 0.105 e. The standard InChI is InChI=1S/C6H11NOS3/c7-5-6(11(9)10)1-3-8-4-2-6/h9-11H,1-4H2. The molecule has 1 aliphatic rings. The molecule has 1 rings (SSSR count). The SMILES string of the molecule is N#CC1([SH](S)S)CCOCC1. The van der Waals surface area contributed by atoms with E-state index in [0.29, 0.717) is 13.2 Å². The Morgan fingerprint density at radius 2 is 1.91 bits per heavy atom. The van der Waals surface area contributed by atoms with E-state index in [1.165, 1.54) is 0 Å². The highest BCUT2D eigenvalue weighted by atomic mass is 33.5. The van der Waals surface area contributed by atoms with Crippen LogP contribution < -0.4 is 0 Å². The molecule has 2 nitrogen and oxygen atoms in total. The van der Waals surface area contributed by atoms with Crippen molar-refractivity contribution in [2.75, 3.05) is 13.2 Å². The number of nitriles is 1.